The molecule has 1 nitrogen and oxygen atoms in total. The summed E-state index contributed by atoms with van der Waals surface area (Å²) in [6, 6.07) is 3.40. The molecular weight excluding hydrogens is 307 g/mol. The molecule has 0 saturated heterocycles. The minimum Gasteiger partial charge on any atom is -0.294 e. The van der Waals surface area contributed by atoms with E-state index in [1.165, 1.54) is 6.92 Å². The van der Waals surface area contributed by atoms with Gasteiger partial charge in [-0.25, -0.2) is 0 Å². The van der Waals surface area contributed by atoms with Crippen LogP contribution in [-0.4, -0.2) is 5.78 Å². The number of hydrogen-bond donors (Lipinski definition) is 0. The molecule has 0 heterocycles. The molecule has 1 aromatic carbocycles. The van der Waals surface area contributed by atoms with Crippen molar-refractivity contribution in [3.05, 3.63) is 31.7 Å². The summed E-state index contributed by atoms with van der Waals surface area (Å²) in [5, 5.41) is 0.545. The van der Waals surface area contributed by atoms with Crippen molar-refractivity contribution in [1.82, 2.24) is 0 Å². The Morgan fingerprint density at radius 1 is 1.33 bits per heavy atom. The second kappa shape index (κ2) is 3.90. The van der Waals surface area contributed by atoms with Crippen LogP contribution in [0.4, 0.5) is 0 Å². The number of carbonyl (C=O) groups excluding carboxylic acids is 1. The van der Waals surface area contributed by atoms with Gasteiger partial charge >= 0.3 is 0 Å². The highest BCUT2D eigenvalue weighted by Crippen LogP contribution is 2.29. The Morgan fingerprint density at radius 2 is 1.92 bits per heavy atom. The molecule has 0 amide bonds. The van der Waals surface area contributed by atoms with Gasteiger partial charge in [0.05, 0.1) is 5.02 Å². The van der Waals surface area contributed by atoms with Gasteiger partial charge in [-0.1, -0.05) is 27.5 Å². The summed E-state index contributed by atoms with van der Waals surface area (Å²) < 4.78 is 1.53. The number of rotatable bonds is 1. The van der Waals surface area contributed by atoms with Crippen LogP contribution in [0.3, 0.4) is 0 Å². The number of ketones is 1. The second-order valence-electron chi connectivity index (χ2n) is 2.30. The van der Waals surface area contributed by atoms with Gasteiger partial charge in [-0.2, -0.15) is 0 Å². The minimum absolute atomic E-state index is 0.00345. The van der Waals surface area contributed by atoms with Crippen molar-refractivity contribution in [2.75, 3.05) is 0 Å². The monoisotopic (exact) mass is 310 g/mol. The molecular formula is C8H5Br2ClO. The van der Waals surface area contributed by atoms with Crippen LogP contribution in [0.25, 0.3) is 0 Å². The molecule has 0 bridgehead atoms. The summed E-state index contributed by atoms with van der Waals surface area (Å²) in [7, 11) is 0. The van der Waals surface area contributed by atoms with E-state index in [4.69, 9.17) is 11.6 Å². The molecule has 64 valence electrons. The molecule has 0 fully saturated rings. The molecule has 1 rings (SSSR count). The van der Waals surface area contributed by atoms with E-state index in [1.54, 1.807) is 12.1 Å². The van der Waals surface area contributed by atoms with Gasteiger partial charge in [0.2, 0.25) is 0 Å². The van der Waals surface area contributed by atoms with E-state index in [1.807, 2.05) is 0 Å². The highest BCUT2D eigenvalue weighted by Gasteiger charge is 2.08. The Labute approximate surface area is 92.4 Å². The first kappa shape index (κ1) is 10.2. The second-order valence-corrected chi connectivity index (χ2v) is 4.42. The van der Waals surface area contributed by atoms with Crippen LogP contribution in [0, 0.1) is 0 Å². The SMILES string of the molecule is CC(=O)c1cc(Cl)c(Br)cc1Br. The topological polar surface area (TPSA) is 17.1 Å². The number of benzene rings is 1. The number of hydrogen-bond acceptors (Lipinski definition) is 1. The lowest BCUT2D eigenvalue weighted by molar-refractivity contribution is 0.101. The number of halogens is 3. The Morgan fingerprint density at radius 3 is 2.42 bits per heavy atom. The van der Waals surface area contributed by atoms with E-state index in [0.29, 0.717) is 10.6 Å². The van der Waals surface area contributed by atoms with Crippen molar-refractivity contribution in [2.24, 2.45) is 0 Å². The zero-order chi connectivity index (χ0) is 9.30. The Kier molecular flexibility index (Phi) is 3.32. The van der Waals surface area contributed by atoms with Crippen LogP contribution in [0.15, 0.2) is 21.1 Å². The Balaban J connectivity index is 3.33. The third-order valence-electron chi connectivity index (χ3n) is 1.39. The maximum absolute atomic E-state index is 11.0. The van der Waals surface area contributed by atoms with Crippen molar-refractivity contribution in [1.29, 1.82) is 0 Å². The van der Waals surface area contributed by atoms with Crippen LogP contribution in [-0.2, 0) is 0 Å². The van der Waals surface area contributed by atoms with Gasteiger partial charge in [-0.15, -0.1) is 0 Å². The highest BCUT2D eigenvalue weighted by atomic mass is 79.9. The smallest absolute Gasteiger partial charge is 0.160 e. The lowest BCUT2D eigenvalue weighted by Gasteiger charge is -2.02. The van der Waals surface area contributed by atoms with Crippen molar-refractivity contribution in [3.8, 4) is 0 Å². The molecule has 12 heavy (non-hydrogen) atoms. The molecule has 0 N–H and O–H groups in total. The largest absolute Gasteiger partial charge is 0.294 e. The molecule has 0 unspecified atom stereocenters. The first-order valence-corrected chi connectivity index (χ1v) is 5.14. The molecule has 0 aliphatic heterocycles. The maximum atomic E-state index is 11.0. The molecule has 0 radical (unpaired) electrons. The molecule has 0 saturated carbocycles. The van der Waals surface area contributed by atoms with E-state index >= 15 is 0 Å². The molecule has 0 aliphatic rings. The average molecular weight is 312 g/mol. The van der Waals surface area contributed by atoms with Gasteiger partial charge in [0.25, 0.3) is 0 Å². The maximum Gasteiger partial charge on any atom is 0.160 e. The van der Waals surface area contributed by atoms with Crippen LogP contribution < -0.4 is 0 Å². The van der Waals surface area contributed by atoms with Crippen LogP contribution in [0.1, 0.15) is 17.3 Å². The van der Waals surface area contributed by atoms with Gasteiger partial charge in [0.1, 0.15) is 0 Å². The molecule has 0 aromatic heterocycles. The van der Waals surface area contributed by atoms with Crippen molar-refractivity contribution >= 4 is 49.2 Å². The van der Waals surface area contributed by atoms with Crippen LogP contribution in [0.2, 0.25) is 5.02 Å². The summed E-state index contributed by atoms with van der Waals surface area (Å²) >= 11 is 12.3. The van der Waals surface area contributed by atoms with Crippen LogP contribution in [0.5, 0.6) is 0 Å². The molecule has 0 atom stereocenters. The molecule has 0 spiro atoms. The quantitative estimate of drug-likeness (QED) is 0.564. The summed E-state index contributed by atoms with van der Waals surface area (Å²) in [6.45, 7) is 1.50. The fourth-order valence-electron chi connectivity index (χ4n) is 0.792. The minimum atomic E-state index is -0.00345. The Hall–Kier alpha value is 0.140. The van der Waals surface area contributed by atoms with E-state index in [9.17, 15) is 4.79 Å². The summed E-state index contributed by atoms with van der Waals surface area (Å²) in [5.41, 5.74) is 0.600. The predicted molar refractivity (Wildman–Crippen MR) is 56.9 cm³/mol. The first-order chi connectivity index (χ1) is 5.52. The van der Waals surface area contributed by atoms with Gasteiger partial charge in [-0.3, -0.25) is 4.79 Å². The van der Waals surface area contributed by atoms with Crippen molar-refractivity contribution in [2.45, 2.75) is 6.92 Å². The molecule has 1 aromatic rings. The fraction of sp³-hybridized carbons (Fsp3) is 0.125. The standard InChI is InChI=1S/C8H5Br2ClO/c1-4(12)5-2-8(11)7(10)3-6(5)9/h2-3H,1H3. The number of carbonyl (C=O) groups is 1. The summed E-state index contributed by atoms with van der Waals surface area (Å²) in [5.74, 6) is -0.00345. The average Bonchev–Trinajstić information content (AvgIpc) is 1.96. The molecule has 4 heteroatoms. The van der Waals surface area contributed by atoms with E-state index in [0.717, 1.165) is 8.95 Å². The normalized spacial score (nSPS) is 10.0. The zero-order valence-corrected chi connectivity index (χ0v) is 10.1. The first-order valence-electron chi connectivity index (χ1n) is 3.18. The van der Waals surface area contributed by atoms with Gasteiger partial charge in [0.15, 0.2) is 5.78 Å². The summed E-state index contributed by atoms with van der Waals surface area (Å²) in [4.78, 5) is 11.0. The third kappa shape index (κ3) is 2.09. The Bertz CT molecular complexity index is 336. The molecule has 0 aliphatic carbocycles. The third-order valence-corrected chi connectivity index (χ3v) is 3.24. The van der Waals surface area contributed by atoms with Crippen molar-refractivity contribution in [3.63, 3.8) is 0 Å². The van der Waals surface area contributed by atoms with Gasteiger partial charge < -0.3 is 0 Å². The predicted octanol–water partition coefficient (Wildman–Crippen LogP) is 4.07. The van der Waals surface area contributed by atoms with Gasteiger partial charge in [0, 0.05) is 14.5 Å². The van der Waals surface area contributed by atoms with Crippen LogP contribution >= 0.6 is 43.5 Å². The highest BCUT2D eigenvalue weighted by molar-refractivity contribution is 9.11. The van der Waals surface area contributed by atoms with E-state index in [-0.39, 0.29) is 5.78 Å². The lowest BCUT2D eigenvalue weighted by Crippen LogP contribution is -1.93. The van der Waals surface area contributed by atoms with E-state index < -0.39 is 0 Å². The zero-order valence-electron chi connectivity index (χ0n) is 6.20. The van der Waals surface area contributed by atoms with Crippen molar-refractivity contribution < 1.29 is 4.79 Å². The summed E-state index contributed by atoms with van der Waals surface area (Å²) in [6.07, 6.45) is 0. The number of Topliss-reactive ketones (excluding diaryl/α,β-unsaturated/α-hetero) is 1. The van der Waals surface area contributed by atoms with E-state index in [2.05, 4.69) is 31.9 Å². The fourth-order valence-corrected chi connectivity index (χ4v) is 2.23. The van der Waals surface area contributed by atoms with Gasteiger partial charge in [-0.05, 0) is 35.0 Å². The lowest BCUT2D eigenvalue weighted by atomic mass is 10.1.